The maximum absolute atomic E-state index is 5.22. The van der Waals surface area contributed by atoms with E-state index in [1.807, 2.05) is 0 Å². The standard InChI is InChI=1S/C10H18O2/c1-4-7-9-11-12-10(6-3)8-5-2/h3,10H,4-5,7-9H2,1-2H3. The van der Waals surface area contributed by atoms with E-state index in [1.165, 1.54) is 0 Å². The van der Waals surface area contributed by atoms with Gasteiger partial charge in [0.2, 0.25) is 0 Å². The second kappa shape index (κ2) is 8.58. The van der Waals surface area contributed by atoms with Crippen LogP contribution in [0, 0.1) is 12.3 Å². The summed E-state index contributed by atoms with van der Waals surface area (Å²) in [6.07, 6.45) is 9.05. The van der Waals surface area contributed by atoms with Crippen molar-refractivity contribution in [2.45, 2.75) is 45.6 Å². The average molecular weight is 170 g/mol. The second-order valence-corrected chi connectivity index (χ2v) is 2.72. The first-order valence-electron chi connectivity index (χ1n) is 4.59. The van der Waals surface area contributed by atoms with E-state index in [0.29, 0.717) is 6.61 Å². The van der Waals surface area contributed by atoms with Gasteiger partial charge in [-0.05, 0) is 12.8 Å². The number of hydrogen-bond donors (Lipinski definition) is 0. The minimum atomic E-state index is -0.174. The van der Waals surface area contributed by atoms with Crippen molar-refractivity contribution in [1.82, 2.24) is 0 Å². The van der Waals surface area contributed by atoms with E-state index in [4.69, 9.17) is 16.2 Å². The van der Waals surface area contributed by atoms with E-state index in [9.17, 15) is 0 Å². The van der Waals surface area contributed by atoms with Crippen LogP contribution in [0.2, 0.25) is 0 Å². The molecule has 0 fully saturated rings. The Balaban J connectivity index is 3.27. The van der Waals surface area contributed by atoms with Gasteiger partial charge in [0.25, 0.3) is 0 Å². The van der Waals surface area contributed by atoms with Crippen molar-refractivity contribution in [2.24, 2.45) is 0 Å². The zero-order chi connectivity index (χ0) is 9.23. The van der Waals surface area contributed by atoms with Crippen molar-refractivity contribution in [2.75, 3.05) is 6.61 Å². The molecule has 2 nitrogen and oxygen atoms in total. The number of rotatable bonds is 7. The Bertz CT molecular complexity index is 126. The third-order valence-corrected chi connectivity index (χ3v) is 1.50. The molecule has 2 heteroatoms. The molecule has 0 N–H and O–H groups in total. The van der Waals surface area contributed by atoms with E-state index < -0.39 is 0 Å². The van der Waals surface area contributed by atoms with E-state index >= 15 is 0 Å². The highest BCUT2D eigenvalue weighted by molar-refractivity contribution is 4.93. The normalized spacial score (nSPS) is 12.4. The van der Waals surface area contributed by atoms with Crippen LogP contribution in [0.4, 0.5) is 0 Å². The molecule has 0 heterocycles. The summed E-state index contributed by atoms with van der Waals surface area (Å²) in [5, 5.41) is 0. The molecule has 0 amide bonds. The monoisotopic (exact) mass is 170 g/mol. The van der Waals surface area contributed by atoms with Crippen molar-refractivity contribution in [1.29, 1.82) is 0 Å². The van der Waals surface area contributed by atoms with Crippen LogP contribution < -0.4 is 0 Å². The Kier molecular flexibility index (Phi) is 8.20. The molecule has 0 bridgehead atoms. The smallest absolute Gasteiger partial charge is 0.153 e. The molecule has 12 heavy (non-hydrogen) atoms. The second-order valence-electron chi connectivity index (χ2n) is 2.72. The molecule has 1 atom stereocenters. The summed E-state index contributed by atoms with van der Waals surface area (Å²) < 4.78 is 0. The molecule has 0 rings (SSSR count). The molecule has 0 aliphatic carbocycles. The molecule has 0 aromatic carbocycles. The van der Waals surface area contributed by atoms with Crippen LogP contribution in [-0.2, 0) is 9.78 Å². The van der Waals surface area contributed by atoms with Crippen LogP contribution in [0.1, 0.15) is 39.5 Å². The molecular formula is C10H18O2. The van der Waals surface area contributed by atoms with Gasteiger partial charge in [0.1, 0.15) is 0 Å². The number of hydrogen-bond acceptors (Lipinski definition) is 2. The van der Waals surface area contributed by atoms with E-state index in [1.54, 1.807) is 0 Å². The van der Waals surface area contributed by atoms with Crippen LogP contribution in [0.3, 0.4) is 0 Å². The summed E-state index contributed by atoms with van der Waals surface area (Å²) in [6, 6.07) is 0. The van der Waals surface area contributed by atoms with E-state index in [2.05, 4.69) is 19.8 Å². The van der Waals surface area contributed by atoms with Crippen molar-refractivity contribution in [3.63, 3.8) is 0 Å². The highest BCUT2D eigenvalue weighted by Crippen LogP contribution is 2.01. The van der Waals surface area contributed by atoms with Crippen LogP contribution in [0.5, 0.6) is 0 Å². The first-order valence-corrected chi connectivity index (χ1v) is 4.59. The van der Waals surface area contributed by atoms with E-state index in [-0.39, 0.29) is 6.10 Å². The van der Waals surface area contributed by atoms with Crippen molar-refractivity contribution >= 4 is 0 Å². The summed E-state index contributed by atoms with van der Waals surface area (Å²) in [5.41, 5.74) is 0. The zero-order valence-corrected chi connectivity index (χ0v) is 8.01. The lowest BCUT2D eigenvalue weighted by Crippen LogP contribution is -2.10. The lowest BCUT2D eigenvalue weighted by molar-refractivity contribution is -0.313. The number of terminal acetylenes is 1. The Labute approximate surface area is 75.2 Å². The lowest BCUT2D eigenvalue weighted by Gasteiger charge is -2.08. The summed E-state index contributed by atoms with van der Waals surface area (Å²) in [6.45, 7) is 4.81. The minimum Gasteiger partial charge on any atom is -0.235 e. The first kappa shape index (κ1) is 11.5. The summed E-state index contributed by atoms with van der Waals surface area (Å²) in [7, 11) is 0. The van der Waals surface area contributed by atoms with Gasteiger partial charge in [0.15, 0.2) is 6.10 Å². The van der Waals surface area contributed by atoms with Gasteiger partial charge in [-0.15, -0.1) is 6.42 Å². The molecule has 1 unspecified atom stereocenters. The Morgan fingerprint density at radius 1 is 1.33 bits per heavy atom. The van der Waals surface area contributed by atoms with Gasteiger partial charge < -0.3 is 0 Å². The quantitative estimate of drug-likeness (QED) is 0.253. The predicted molar refractivity (Wildman–Crippen MR) is 49.5 cm³/mol. The van der Waals surface area contributed by atoms with Crippen LogP contribution in [0.15, 0.2) is 0 Å². The van der Waals surface area contributed by atoms with Crippen molar-refractivity contribution in [3.8, 4) is 12.3 Å². The SMILES string of the molecule is C#CC(CCC)OOCCCC. The van der Waals surface area contributed by atoms with Gasteiger partial charge in [0, 0.05) is 0 Å². The topological polar surface area (TPSA) is 18.5 Å². The molecule has 70 valence electrons. The highest BCUT2D eigenvalue weighted by Gasteiger charge is 2.03. The average Bonchev–Trinajstić information content (AvgIpc) is 2.10. The number of unbranched alkanes of at least 4 members (excludes halogenated alkanes) is 1. The molecule has 0 spiro atoms. The summed E-state index contributed by atoms with van der Waals surface area (Å²) in [4.78, 5) is 9.93. The molecule has 0 aromatic heterocycles. The van der Waals surface area contributed by atoms with Crippen LogP contribution in [-0.4, -0.2) is 12.7 Å². The molecule has 0 radical (unpaired) electrons. The molecule has 0 aliphatic rings. The Morgan fingerprint density at radius 2 is 2.08 bits per heavy atom. The van der Waals surface area contributed by atoms with Gasteiger partial charge in [-0.3, -0.25) is 0 Å². The van der Waals surface area contributed by atoms with Gasteiger partial charge >= 0.3 is 0 Å². The maximum atomic E-state index is 5.22. The largest absolute Gasteiger partial charge is 0.235 e. The Hall–Kier alpha value is -0.520. The molecule has 0 saturated heterocycles. The Morgan fingerprint density at radius 3 is 2.58 bits per heavy atom. The molecule has 0 aliphatic heterocycles. The highest BCUT2D eigenvalue weighted by atomic mass is 17.2. The van der Waals surface area contributed by atoms with E-state index in [0.717, 1.165) is 25.7 Å². The fourth-order valence-electron chi connectivity index (χ4n) is 0.755. The first-order chi connectivity index (χ1) is 5.85. The summed E-state index contributed by atoms with van der Waals surface area (Å²) in [5.74, 6) is 2.53. The van der Waals surface area contributed by atoms with Gasteiger partial charge in [-0.2, -0.15) is 0 Å². The predicted octanol–water partition coefficient (Wildman–Crippen LogP) is 2.54. The van der Waals surface area contributed by atoms with Gasteiger partial charge in [0.05, 0.1) is 6.61 Å². The minimum absolute atomic E-state index is 0.174. The fraction of sp³-hybridized carbons (Fsp3) is 0.800. The van der Waals surface area contributed by atoms with Crippen molar-refractivity contribution in [3.05, 3.63) is 0 Å². The van der Waals surface area contributed by atoms with Crippen molar-refractivity contribution < 1.29 is 9.78 Å². The lowest BCUT2D eigenvalue weighted by atomic mass is 10.2. The third kappa shape index (κ3) is 6.21. The van der Waals surface area contributed by atoms with Crippen LogP contribution in [0.25, 0.3) is 0 Å². The molecule has 0 saturated carbocycles. The van der Waals surface area contributed by atoms with Gasteiger partial charge in [-0.1, -0.05) is 32.6 Å². The molecule has 0 aromatic rings. The van der Waals surface area contributed by atoms with Crippen LogP contribution >= 0.6 is 0 Å². The zero-order valence-electron chi connectivity index (χ0n) is 8.01. The maximum Gasteiger partial charge on any atom is 0.153 e. The van der Waals surface area contributed by atoms with Gasteiger partial charge in [-0.25, -0.2) is 9.78 Å². The summed E-state index contributed by atoms with van der Waals surface area (Å²) >= 11 is 0. The third-order valence-electron chi connectivity index (χ3n) is 1.50. The fourth-order valence-corrected chi connectivity index (χ4v) is 0.755. The molecular weight excluding hydrogens is 152 g/mol.